The highest BCUT2D eigenvalue weighted by molar-refractivity contribution is 5.78. The molecule has 0 saturated carbocycles. The zero-order valence-electron chi connectivity index (χ0n) is 12.8. The van der Waals surface area contributed by atoms with Crippen LogP contribution in [0.15, 0.2) is 18.2 Å². The molecule has 0 radical (unpaired) electrons. The smallest absolute Gasteiger partial charge is 0.224 e. The summed E-state index contributed by atoms with van der Waals surface area (Å²) in [6.45, 7) is 2.23. The SMILES string of the molecule is COCCOCCNC(=O)Cc1ccc2c(c1)CCCC2. The molecule has 4 heteroatoms. The summed E-state index contributed by atoms with van der Waals surface area (Å²) in [4.78, 5) is 11.9. The van der Waals surface area contributed by atoms with Crippen molar-refractivity contribution in [3.05, 3.63) is 34.9 Å². The first-order chi connectivity index (χ1) is 10.3. The van der Waals surface area contributed by atoms with Crippen LogP contribution in [0.5, 0.6) is 0 Å². The average Bonchev–Trinajstić information content (AvgIpc) is 2.50. The number of rotatable bonds is 8. The number of carbonyl (C=O) groups is 1. The second-order valence-electron chi connectivity index (χ2n) is 5.44. The van der Waals surface area contributed by atoms with Gasteiger partial charge in [0.25, 0.3) is 0 Å². The number of carbonyl (C=O) groups excluding carboxylic acids is 1. The Morgan fingerprint density at radius 3 is 2.76 bits per heavy atom. The third kappa shape index (κ3) is 5.48. The highest BCUT2D eigenvalue weighted by Gasteiger charge is 2.10. The van der Waals surface area contributed by atoms with Crippen molar-refractivity contribution in [1.82, 2.24) is 5.32 Å². The summed E-state index contributed by atoms with van der Waals surface area (Å²) >= 11 is 0. The Morgan fingerprint density at radius 2 is 1.95 bits per heavy atom. The van der Waals surface area contributed by atoms with Crippen molar-refractivity contribution in [3.8, 4) is 0 Å². The van der Waals surface area contributed by atoms with Crippen molar-refractivity contribution in [1.29, 1.82) is 0 Å². The quantitative estimate of drug-likeness (QED) is 0.744. The molecule has 0 aromatic heterocycles. The topological polar surface area (TPSA) is 47.6 Å². The molecule has 1 aromatic rings. The number of nitrogens with one attached hydrogen (secondary N) is 1. The Bertz CT molecular complexity index is 459. The molecule has 0 unspecified atom stereocenters. The second kappa shape index (κ2) is 8.80. The summed E-state index contributed by atoms with van der Waals surface area (Å²) in [5.74, 6) is 0.0566. The summed E-state index contributed by atoms with van der Waals surface area (Å²) in [7, 11) is 1.64. The van der Waals surface area contributed by atoms with Crippen LogP contribution in [0.25, 0.3) is 0 Å². The molecule has 1 aromatic carbocycles. The molecule has 1 N–H and O–H groups in total. The molecule has 2 rings (SSSR count). The fraction of sp³-hybridized carbons (Fsp3) is 0.588. The van der Waals surface area contributed by atoms with E-state index in [1.165, 1.54) is 30.4 Å². The van der Waals surface area contributed by atoms with Gasteiger partial charge in [0.2, 0.25) is 5.91 Å². The van der Waals surface area contributed by atoms with Gasteiger partial charge < -0.3 is 14.8 Å². The van der Waals surface area contributed by atoms with E-state index in [0.29, 0.717) is 32.8 Å². The monoisotopic (exact) mass is 291 g/mol. The fourth-order valence-corrected chi connectivity index (χ4v) is 2.65. The number of fused-ring (bicyclic) bond motifs is 1. The molecule has 0 saturated heterocycles. The van der Waals surface area contributed by atoms with Crippen LogP contribution in [0.3, 0.4) is 0 Å². The maximum Gasteiger partial charge on any atom is 0.224 e. The molecule has 0 bridgehead atoms. The molecule has 4 nitrogen and oxygen atoms in total. The lowest BCUT2D eigenvalue weighted by Gasteiger charge is -2.16. The van der Waals surface area contributed by atoms with Gasteiger partial charge >= 0.3 is 0 Å². The normalized spacial score (nSPS) is 13.8. The van der Waals surface area contributed by atoms with Crippen LogP contribution >= 0.6 is 0 Å². The van der Waals surface area contributed by atoms with Crippen molar-refractivity contribution < 1.29 is 14.3 Å². The van der Waals surface area contributed by atoms with Gasteiger partial charge in [-0.25, -0.2) is 0 Å². The third-order valence-electron chi connectivity index (χ3n) is 3.78. The predicted molar refractivity (Wildman–Crippen MR) is 82.5 cm³/mol. The number of benzene rings is 1. The molecule has 0 atom stereocenters. The number of ether oxygens (including phenoxy) is 2. The summed E-state index contributed by atoms with van der Waals surface area (Å²) in [5, 5.41) is 2.88. The number of aryl methyl sites for hydroxylation is 2. The van der Waals surface area contributed by atoms with Gasteiger partial charge in [-0.1, -0.05) is 18.2 Å². The lowest BCUT2D eigenvalue weighted by Crippen LogP contribution is -2.29. The first kappa shape index (κ1) is 16.0. The maximum atomic E-state index is 11.9. The van der Waals surface area contributed by atoms with Gasteiger partial charge in [-0.15, -0.1) is 0 Å². The van der Waals surface area contributed by atoms with Gasteiger partial charge in [0.1, 0.15) is 0 Å². The molecule has 1 amide bonds. The standard InChI is InChI=1S/C17H25NO3/c1-20-10-11-21-9-8-18-17(19)13-14-6-7-15-4-2-3-5-16(15)12-14/h6-7,12H,2-5,8-11,13H2,1H3,(H,18,19). The minimum Gasteiger partial charge on any atom is -0.382 e. The molecule has 0 fully saturated rings. The van der Waals surface area contributed by atoms with Crippen LogP contribution in [-0.2, 0) is 33.5 Å². The van der Waals surface area contributed by atoms with Gasteiger partial charge in [-0.2, -0.15) is 0 Å². The number of hydrogen-bond acceptors (Lipinski definition) is 3. The van der Waals surface area contributed by atoms with Gasteiger partial charge in [0.15, 0.2) is 0 Å². The van der Waals surface area contributed by atoms with E-state index in [1.54, 1.807) is 7.11 Å². The number of amides is 1. The Kier molecular flexibility index (Phi) is 6.70. The summed E-state index contributed by atoms with van der Waals surface area (Å²) < 4.78 is 10.2. The van der Waals surface area contributed by atoms with Crippen molar-refractivity contribution in [2.24, 2.45) is 0 Å². The van der Waals surface area contributed by atoms with Crippen molar-refractivity contribution in [2.75, 3.05) is 33.5 Å². The van der Waals surface area contributed by atoms with Crippen LogP contribution in [0.4, 0.5) is 0 Å². The van der Waals surface area contributed by atoms with Crippen molar-refractivity contribution in [2.45, 2.75) is 32.1 Å². The van der Waals surface area contributed by atoms with Crippen molar-refractivity contribution in [3.63, 3.8) is 0 Å². The van der Waals surface area contributed by atoms with Crippen LogP contribution in [-0.4, -0.2) is 39.4 Å². The first-order valence-electron chi connectivity index (χ1n) is 7.73. The Labute approximate surface area is 126 Å². The lowest BCUT2D eigenvalue weighted by atomic mass is 9.90. The Hall–Kier alpha value is -1.39. The third-order valence-corrected chi connectivity index (χ3v) is 3.78. The molecular weight excluding hydrogens is 266 g/mol. The van der Waals surface area contributed by atoms with E-state index in [-0.39, 0.29) is 5.91 Å². The first-order valence-corrected chi connectivity index (χ1v) is 7.73. The number of methoxy groups -OCH3 is 1. The van der Waals surface area contributed by atoms with Crippen molar-refractivity contribution >= 4 is 5.91 Å². The highest BCUT2D eigenvalue weighted by Crippen LogP contribution is 2.22. The summed E-state index contributed by atoms with van der Waals surface area (Å²) in [5.41, 5.74) is 3.99. The van der Waals surface area contributed by atoms with Crippen LogP contribution in [0.1, 0.15) is 29.5 Å². The van der Waals surface area contributed by atoms with E-state index in [1.807, 2.05) is 0 Å². The van der Waals surface area contributed by atoms with Gasteiger partial charge in [-0.05, 0) is 42.4 Å². The lowest BCUT2D eigenvalue weighted by molar-refractivity contribution is -0.120. The molecular formula is C17H25NO3. The zero-order chi connectivity index (χ0) is 14.9. The summed E-state index contributed by atoms with van der Waals surface area (Å²) in [6, 6.07) is 6.47. The minimum absolute atomic E-state index is 0.0566. The fourth-order valence-electron chi connectivity index (χ4n) is 2.65. The number of hydrogen-bond donors (Lipinski definition) is 1. The van der Waals surface area contributed by atoms with Gasteiger partial charge in [0, 0.05) is 13.7 Å². The van der Waals surface area contributed by atoms with E-state index in [2.05, 4.69) is 23.5 Å². The molecule has 1 aliphatic carbocycles. The molecule has 0 heterocycles. The summed E-state index contributed by atoms with van der Waals surface area (Å²) in [6.07, 6.45) is 5.33. The van der Waals surface area contributed by atoms with E-state index in [4.69, 9.17) is 9.47 Å². The van der Waals surface area contributed by atoms with E-state index < -0.39 is 0 Å². The predicted octanol–water partition coefficient (Wildman–Crippen LogP) is 1.89. The largest absolute Gasteiger partial charge is 0.382 e. The Morgan fingerprint density at radius 1 is 1.14 bits per heavy atom. The van der Waals surface area contributed by atoms with E-state index in [0.717, 1.165) is 12.0 Å². The van der Waals surface area contributed by atoms with Gasteiger partial charge in [-0.3, -0.25) is 4.79 Å². The molecule has 116 valence electrons. The maximum absolute atomic E-state index is 11.9. The zero-order valence-corrected chi connectivity index (χ0v) is 12.8. The Balaban J connectivity index is 1.70. The van der Waals surface area contributed by atoms with E-state index >= 15 is 0 Å². The highest BCUT2D eigenvalue weighted by atomic mass is 16.5. The second-order valence-corrected chi connectivity index (χ2v) is 5.44. The van der Waals surface area contributed by atoms with Crippen LogP contribution in [0, 0.1) is 0 Å². The molecule has 1 aliphatic rings. The van der Waals surface area contributed by atoms with Crippen LogP contribution in [0.2, 0.25) is 0 Å². The average molecular weight is 291 g/mol. The van der Waals surface area contributed by atoms with Gasteiger partial charge in [0.05, 0.1) is 26.2 Å². The van der Waals surface area contributed by atoms with E-state index in [9.17, 15) is 4.79 Å². The molecule has 0 aliphatic heterocycles. The molecule has 21 heavy (non-hydrogen) atoms. The molecule has 0 spiro atoms. The van der Waals surface area contributed by atoms with Crippen LogP contribution < -0.4 is 5.32 Å². The minimum atomic E-state index is 0.0566.